The van der Waals surface area contributed by atoms with Gasteiger partial charge in [-0.3, -0.25) is 4.79 Å². The second kappa shape index (κ2) is 5.77. The molecule has 1 unspecified atom stereocenters. The Hall–Kier alpha value is -0.683. The molecule has 1 atom stereocenters. The van der Waals surface area contributed by atoms with Gasteiger partial charge in [0.2, 0.25) is 0 Å². The van der Waals surface area contributed by atoms with Gasteiger partial charge in [-0.1, -0.05) is 25.6 Å². The molecule has 0 aromatic carbocycles. The zero-order chi connectivity index (χ0) is 13.1. The van der Waals surface area contributed by atoms with Gasteiger partial charge in [0.1, 0.15) is 0 Å². The molecule has 1 aliphatic heterocycles. The lowest BCUT2D eigenvalue weighted by molar-refractivity contribution is -0.166. The summed E-state index contributed by atoms with van der Waals surface area (Å²) in [4.78, 5) is 23.0. The van der Waals surface area contributed by atoms with E-state index in [1.165, 1.54) is 0 Å². The van der Waals surface area contributed by atoms with Crippen molar-refractivity contribution in [2.75, 3.05) is 0 Å². The molecule has 17 heavy (non-hydrogen) atoms. The molecule has 1 aliphatic rings. The highest BCUT2D eigenvalue weighted by atomic mass is 28.3. The molecular formula is C12H21O4Si. The van der Waals surface area contributed by atoms with E-state index in [0.29, 0.717) is 6.42 Å². The van der Waals surface area contributed by atoms with Crippen LogP contribution in [0.25, 0.3) is 0 Å². The van der Waals surface area contributed by atoms with E-state index in [0.717, 1.165) is 12.5 Å². The maximum absolute atomic E-state index is 11.8. The average molecular weight is 257 g/mol. The van der Waals surface area contributed by atoms with Crippen molar-refractivity contribution < 1.29 is 19.1 Å². The van der Waals surface area contributed by atoms with Crippen LogP contribution in [0.15, 0.2) is 0 Å². The van der Waals surface area contributed by atoms with Crippen molar-refractivity contribution in [3.05, 3.63) is 0 Å². The molecule has 1 fully saturated rings. The topological polar surface area (TPSA) is 52.6 Å². The van der Waals surface area contributed by atoms with Gasteiger partial charge in [-0.05, 0) is 20.3 Å². The number of carbonyl (C=O) groups excluding carboxylic acids is 2. The lowest BCUT2D eigenvalue weighted by Crippen LogP contribution is -2.40. The van der Waals surface area contributed by atoms with E-state index in [1.54, 1.807) is 0 Å². The summed E-state index contributed by atoms with van der Waals surface area (Å²) in [6.45, 7) is 8.21. The van der Waals surface area contributed by atoms with Crippen molar-refractivity contribution in [3.63, 3.8) is 0 Å². The number of esters is 2. The summed E-state index contributed by atoms with van der Waals surface area (Å²) in [7, 11) is -0.304. The van der Waals surface area contributed by atoms with Gasteiger partial charge in [0.25, 0.3) is 0 Å². The Bertz CT molecular complexity index is 301. The van der Waals surface area contributed by atoms with Gasteiger partial charge in [-0.25, -0.2) is 4.79 Å². The molecule has 1 radical (unpaired) electrons. The lowest BCUT2D eigenvalue weighted by atomic mass is 9.95. The predicted octanol–water partition coefficient (Wildman–Crippen LogP) is 2.16. The molecule has 0 bridgehead atoms. The van der Waals surface area contributed by atoms with Gasteiger partial charge in [0.05, 0.1) is 12.5 Å². The Morgan fingerprint density at radius 3 is 2.47 bits per heavy atom. The summed E-state index contributed by atoms with van der Waals surface area (Å²) in [5.74, 6) is -0.966. The molecule has 0 aromatic rings. The Morgan fingerprint density at radius 1 is 1.41 bits per heavy atom. The van der Waals surface area contributed by atoms with Crippen molar-refractivity contribution in [1.82, 2.24) is 0 Å². The van der Waals surface area contributed by atoms with Crippen molar-refractivity contribution in [3.8, 4) is 0 Å². The molecule has 0 spiro atoms. The van der Waals surface area contributed by atoms with Gasteiger partial charge in [0, 0.05) is 8.80 Å². The van der Waals surface area contributed by atoms with Crippen LogP contribution in [-0.4, -0.2) is 32.4 Å². The van der Waals surface area contributed by atoms with Crippen LogP contribution in [0.5, 0.6) is 0 Å². The highest BCUT2D eigenvalue weighted by Crippen LogP contribution is 2.32. The number of rotatable bonds is 6. The minimum absolute atomic E-state index is 0.0690. The third-order valence-electron chi connectivity index (χ3n) is 2.73. The molecule has 1 saturated heterocycles. The zero-order valence-electron chi connectivity index (χ0n) is 11.0. The van der Waals surface area contributed by atoms with E-state index >= 15 is 0 Å². The number of cyclic esters (lactones) is 2. The molecule has 0 amide bonds. The lowest BCUT2D eigenvalue weighted by Gasteiger charge is -2.26. The molecular weight excluding hydrogens is 236 g/mol. The maximum atomic E-state index is 11.8. The molecule has 4 nitrogen and oxygen atoms in total. The first-order chi connectivity index (χ1) is 7.85. The van der Waals surface area contributed by atoms with E-state index in [4.69, 9.17) is 4.74 Å². The molecule has 1 rings (SSSR count). The summed E-state index contributed by atoms with van der Waals surface area (Å²) in [5, 5.41) is 0. The minimum atomic E-state index is -1.01. The smallest absolute Gasteiger partial charge is 0.346 e. The average Bonchev–Trinajstić information content (AvgIpc) is 2.39. The summed E-state index contributed by atoms with van der Waals surface area (Å²) in [6, 6.07) is 1.12. The molecule has 0 aliphatic carbocycles. The third kappa shape index (κ3) is 3.92. The van der Waals surface area contributed by atoms with Crippen LogP contribution < -0.4 is 0 Å². The Morgan fingerprint density at radius 2 is 2.06 bits per heavy atom. The van der Waals surface area contributed by atoms with E-state index in [2.05, 4.69) is 17.8 Å². The van der Waals surface area contributed by atoms with Gasteiger partial charge in [-0.15, -0.1) is 0 Å². The predicted molar refractivity (Wildman–Crippen MR) is 66.2 cm³/mol. The number of carbonyl (C=O) groups is 2. The van der Waals surface area contributed by atoms with Crippen molar-refractivity contribution in [1.29, 1.82) is 0 Å². The van der Waals surface area contributed by atoms with Gasteiger partial charge >= 0.3 is 11.9 Å². The highest BCUT2D eigenvalue weighted by Gasteiger charge is 2.50. The van der Waals surface area contributed by atoms with Gasteiger partial charge < -0.3 is 9.47 Å². The summed E-state index contributed by atoms with van der Waals surface area (Å²) < 4.78 is 10.3. The monoisotopic (exact) mass is 257 g/mol. The summed E-state index contributed by atoms with van der Waals surface area (Å²) in [6.07, 6.45) is 1.49. The fourth-order valence-electron chi connectivity index (χ4n) is 2.06. The molecule has 1 heterocycles. The largest absolute Gasteiger partial charge is 0.391 e. The van der Waals surface area contributed by atoms with Crippen LogP contribution in [0.3, 0.4) is 0 Å². The normalized spacial score (nSPS) is 24.8. The van der Waals surface area contributed by atoms with E-state index < -0.39 is 17.5 Å². The van der Waals surface area contributed by atoms with Crippen molar-refractivity contribution in [2.24, 2.45) is 0 Å². The Labute approximate surface area is 104 Å². The third-order valence-corrected chi connectivity index (χ3v) is 4.08. The summed E-state index contributed by atoms with van der Waals surface area (Å²) in [5.41, 5.74) is -1.01. The van der Waals surface area contributed by atoms with E-state index in [9.17, 15) is 9.59 Å². The van der Waals surface area contributed by atoms with Crippen LogP contribution in [0.4, 0.5) is 0 Å². The van der Waals surface area contributed by atoms with E-state index in [1.807, 2.05) is 13.8 Å². The van der Waals surface area contributed by atoms with Gasteiger partial charge in [0.15, 0.2) is 5.60 Å². The maximum Gasteiger partial charge on any atom is 0.346 e. The van der Waals surface area contributed by atoms with Crippen LogP contribution >= 0.6 is 0 Å². The van der Waals surface area contributed by atoms with Crippen LogP contribution in [0.2, 0.25) is 19.1 Å². The number of hydrogen-bond acceptors (Lipinski definition) is 4. The second-order valence-corrected chi connectivity index (χ2v) is 8.07. The molecule has 5 heteroatoms. The Balaban J connectivity index is 2.66. The first-order valence-corrected chi connectivity index (χ1v) is 8.78. The van der Waals surface area contributed by atoms with Gasteiger partial charge in [-0.2, -0.15) is 0 Å². The SMILES string of the molecule is CC(C)OC1(CCC[Si](C)C)CC(=O)OC1=O. The molecule has 0 saturated carbocycles. The molecule has 0 N–H and O–H groups in total. The van der Waals surface area contributed by atoms with Crippen molar-refractivity contribution in [2.45, 2.75) is 64.0 Å². The highest BCUT2D eigenvalue weighted by molar-refractivity contribution is 6.55. The molecule has 97 valence electrons. The number of ether oxygens (including phenoxy) is 2. The standard InChI is InChI=1S/C12H21O4Si/c1-9(2)16-12(6-5-7-17(3)4)8-10(13)15-11(12)14/h9H,5-8H2,1-4H3. The quantitative estimate of drug-likeness (QED) is 0.416. The Kier molecular flexibility index (Phi) is 4.88. The van der Waals surface area contributed by atoms with Crippen molar-refractivity contribution >= 4 is 20.7 Å². The minimum Gasteiger partial charge on any atom is -0.391 e. The fraction of sp³-hybridized carbons (Fsp3) is 0.833. The van der Waals surface area contributed by atoms with Crippen LogP contribution in [0, 0.1) is 0 Å². The molecule has 0 aromatic heterocycles. The summed E-state index contributed by atoms with van der Waals surface area (Å²) >= 11 is 0. The van der Waals surface area contributed by atoms with E-state index in [-0.39, 0.29) is 21.3 Å². The second-order valence-electron chi connectivity index (χ2n) is 5.16. The first kappa shape index (κ1) is 14.4. The number of hydrogen-bond donors (Lipinski definition) is 0. The fourth-order valence-corrected chi connectivity index (χ4v) is 2.94. The first-order valence-electron chi connectivity index (χ1n) is 6.08. The van der Waals surface area contributed by atoms with Crippen LogP contribution in [-0.2, 0) is 19.1 Å². The zero-order valence-corrected chi connectivity index (χ0v) is 12.0. The van der Waals surface area contributed by atoms with Crippen LogP contribution in [0.1, 0.15) is 33.1 Å².